The van der Waals surface area contributed by atoms with Crippen LogP contribution in [0.4, 0.5) is 0 Å². The molecule has 21 heavy (non-hydrogen) atoms. The molecule has 2 nitrogen and oxygen atoms in total. The van der Waals surface area contributed by atoms with Crippen LogP contribution in [-0.2, 0) is 9.47 Å². The Bertz CT molecular complexity index is 596. The third-order valence-corrected chi connectivity index (χ3v) is 8.27. The first kappa shape index (κ1) is 14.5. The molecule has 3 rings (SSSR count). The van der Waals surface area contributed by atoms with E-state index in [1.807, 2.05) is 0 Å². The van der Waals surface area contributed by atoms with Gasteiger partial charge in [-0.1, -0.05) is 61.6 Å². The van der Waals surface area contributed by atoms with Crippen molar-refractivity contribution in [2.24, 2.45) is 0 Å². The molecular formula is C18H22O2Si. The smallest absolute Gasteiger partial charge is 0.113 e. The van der Waals surface area contributed by atoms with Crippen LogP contribution in [0.2, 0.25) is 13.1 Å². The summed E-state index contributed by atoms with van der Waals surface area (Å²) < 4.78 is 11.7. The first-order valence-corrected chi connectivity index (χ1v) is 10.4. The Balaban J connectivity index is 2.35. The number of rotatable bonds is 2. The predicted octanol–water partition coefficient (Wildman–Crippen LogP) is 2.90. The third-order valence-electron chi connectivity index (χ3n) is 4.66. The number of benzene rings is 2. The average molecular weight is 298 g/mol. The first-order valence-electron chi connectivity index (χ1n) is 7.35. The number of methoxy groups -OCH3 is 2. The number of ether oxygens (including phenoxy) is 2. The molecule has 0 fully saturated rings. The Morgan fingerprint density at radius 1 is 0.714 bits per heavy atom. The second-order valence-electron chi connectivity index (χ2n) is 6.11. The molecule has 2 aromatic carbocycles. The van der Waals surface area contributed by atoms with Gasteiger partial charge in [-0.05, 0) is 21.5 Å². The molecule has 0 N–H and O–H groups in total. The van der Waals surface area contributed by atoms with Crippen molar-refractivity contribution in [1.82, 2.24) is 0 Å². The van der Waals surface area contributed by atoms with Crippen molar-refractivity contribution < 1.29 is 9.47 Å². The molecule has 0 bridgehead atoms. The van der Waals surface area contributed by atoms with Crippen LogP contribution in [0, 0.1) is 0 Å². The van der Waals surface area contributed by atoms with Crippen molar-refractivity contribution >= 4 is 18.4 Å². The van der Waals surface area contributed by atoms with Gasteiger partial charge < -0.3 is 9.47 Å². The minimum Gasteiger partial charge on any atom is -0.374 e. The number of hydrogen-bond donors (Lipinski definition) is 0. The molecule has 0 spiro atoms. The van der Waals surface area contributed by atoms with Gasteiger partial charge in [0.1, 0.15) is 20.3 Å². The highest BCUT2D eigenvalue weighted by molar-refractivity contribution is 7.01. The van der Waals surface area contributed by atoms with Crippen LogP contribution in [0.1, 0.15) is 23.3 Å². The van der Waals surface area contributed by atoms with Gasteiger partial charge >= 0.3 is 0 Å². The number of fused-ring (bicyclic) bond motifs is 2. The van der Waals surface area contributed by atoms with Gasteiger partial charge in [-0.25, -0.2) is 0 Å². The van der Waals surface area contributed by atoms with Crippen molar-refractivity contribution in [3.8, 4) is 0 Å². The van der Waals surface area contributed by atoms with E-state index >= 15 is 0 Å². The predicted molar refractivity (Wildman–Crippen MR) is 89.1 cm³/mol. The fourth-order valence-corrected chi connectivity index (χ4v) is 6.81. The molecule has 0 radical (unpaired) electrons. The summed E-state index contributed by atoms with van der Waals surface area (Å²) in [7, 11) is 1.79. The van der Waals surface area contributed by atoms with E-state index in [9.17, 15) is 0 Å². The van der Waals surface area contributed by atoms with Gasteiger partial charge in [-0.2, -0.15) is 0 Å². The number of hydrogen-bond acceptors (Lipinski definition) is 2. The van der Waals surface area contributed by atoms with Gasteiger partial charge in [0.05, 0.1) is 0 Å². The summed E-state index contributed by atoms with van der Waals surface area (Å²) in [5.41, 5.74) is 2.56. The highest BCUT2D eigenvalue weighted by Gasteiger charge is 2.40. The van der Waals surface area contributed by atoms with Crippen LogP contribution in [0.25, 0.3) is 0 Å². The molecule has 0 saturated carbocycles. The van der Waals surface area contributed by atoms with E-state index in [1.54, 1.807) is 14.2 Å². The molecule has 110 valence electrons. The molecular weight excluding hydrogens is 276 g/mol. The van der Waals surface area contributed by atoms with Crippen LogP contribution in [0.15, 0.2) is 48.5 Å². The molecule has 0 unspecified atom stereocenters. The molecule has 0 amide bonds. The highest BCUT2D eigenvalue weighted by Crippen LogP contribution is 2.36. The maximum absolute atomic E-state index is 5.85. The lowest BCUT2D eigenvalue weighted by Crippen LogP contribution is -2.54. The molecule has 1 aliphatic rings. The normalized spacial score (nSPS) is 23.0. The zero-order chi connectivity index (χ0) is 15.0. The van der Waals surface area contributed by atoms with Crippen LogP contribution in [0.3, 0.4) is 0 Å². The van der Waals surface area contributed by atoms with E-state index in [0.717, 1.165) is 0 Å². The van der Waals surface area contributed by atoms with Gasteiger partial charge in [0.2, 0.25) is 0 Å². The topological polar surface area (TPSA) is 18.5 Å². The standard InChI is InChI=1S/C18H22O2Si/c1-19-17-13-9-5-7-11-15(13)21(3,4)16-12-8-6-10-14(16)18(17)20-2/h5-12,17-18H,1-4H3/t17-,18-/m1/s1. The van der Waals surface area contributed by atoms with Crippen LogP contribution >= 0.6 is 0 Å². The molecule has 3 heteroatoms. The van der Waals surface area contributed by atoms with Crippen LogP contribution < -0.4 is 10.4 Å². The van der Waals surface area contributed by atoms with E-state index in [1.165, 1.54) is 21.5 Å². The Morgan fingerprint density at radius 2 is 1.10 bits per heavy atom. The lowest BCUT2D eigenvalue weighted by Gasteiger charge is -2.25. The molecule has 0 saturated heterocycles. The SMILES string of the molecule is CO[C@@H]1c2ccccc2[Si](C)(C)c2ccccc2[C@H]1OC. The second-order valence-corrected chi connectivity index (χ2v) is 10.4. The van der Waals surface area contributed by atoms with Crippen molar-refractivity contribution in [3.05, 3.63) is 59.7 Å². The monoisotopic (exact) mass is 298 g/mol. The Labute approximate surface area is 127 Å². The Kier molecular flexibility index (Phi) is 3.74. The minimum absolute atomic E-state index is 0.0541. The van der Waals surface area contributed by atoms with Crippen LogP contribution in [0.5, 0.6) is 0 Å². The molecule has 2 aromatic rings. The van der Waals surface area contributed by atoms with E-state index in [0.29, 0.717) is 0 Å². The maximum atomic E-state index is 5.85. The lowest BCUT2D eigenvalue weighted by molar-refractivity contribution is -0.0384. The summed E-state index contributed by atoms with van der Waals surface area (Å²) in [6.45, 7) is 4.82. The molecule has 0 aromatic heterocycles. The van der Waals surface area contributed by atoms with Crippen molar-refractivity contribution in [2.75, 3.05) is 14.2 Å². The van der Waals surface area contributed by atoms with Gasteiger partial charge in [0, 0.05) is 14.2 Å². The summed E-state index contributed by atoms with van der Waals surface area (Å²) in [4.78, 5) is 0. The molecule has 0 aliphatic carbocycles. The zero-order valence-electron chi connectivity index (χ0n) is 13.1. The molecule has 2 atom stereocenters. The Morgan fingerprint density at radius 3 is 1.48 bits per heavy atom. The van der Waals surface area contributed by atoms with E-state index < -0.39 is 8.07 Å². The fraction of sp³-hybridized carbons (Fsp3) is 0.333. The summed E-state index contributed by atoms with van der Waals surface area (Å²) in [6.07, 6.45) is -0.108. The first-order chi connectivity index (χ1) is 10.1. The van der Waals surface area contributed by atoms with Crippen LogP contribution in [-0.4, -0.2) is 22.3 Å². The average Bonchev–Trinajstić information content (AvgIpc) is 2.59. The minimum atomic E-state index is -1.76. The van der Waals surface area contributed by atoms with E-state index in [2.05, 4.69) is 61.6 Å². The van der Waals surface area contributed by atoms with Gasteiger partial charge in [-0.15, -0.1) is 0 Å². The van der Waals surface area contributed by atoms with Gasteiger partial charge in [0.15, 0.2) is 0 Å². The van der Waals surface area contributed by atoms with Crippen molar-refractivity contribution in [2.45, 2.75) is 25.3 Å². The summed E-state index contributed by atoms with van der Waals surface area (Å²) in [5.74, 6) is 0. The van der Waals surface area contributed by atoms with E-state index in [-0.39, 0.29) is 12.2 Å². The summed E-state index contributed by atoms with van der Waals surface area (Å²) in [5, 5.41) is 2.90. The van der Waals surface area contributed by atoms with Crippen molar-refractivity contribution in [1.29, 1.82) is 0 Å². The quantitative estimate of drug-likeness (QED) is 0.794. The van der Waals surface area contributed by atoms with Gasteiger partial charge in [0.25, 0.3) is 0 Å². The lowest BCUT2D eigenvalue weighted by atomic mass is 9.98. The Hall–Kier alpha value is -1.42. The van der Waals surface area contributed by atoms with E-state index in [4.69, 9.17) is 9.47 Å². The zero-order valence-corrected chi connectivity index (χ0v) is 14.1. The molecule has 1 heterocycles. The fourth-order valence-electron chi connectivity index (χ4n) is 3.60. The second kappa shape index (κ2) is 5.41. The largest absolute Gasteiger partial charge is 0.374 e. The third kappa shape index (κ3) is 2.16. The molecule has 1 aliphatic heterocycles. The summed E-state index contributed by atoms with van der Waals surface area (Å²) >= 11 is 0. The summed E-state index contributed by atoms with van der Waals surface area (Å²) in [6, 6.07) is 17.4. The maximum Gasteiger partial charge on any atom is 0.113 e. The van der Waals surface area contributed by atoms with Crippen molar-refractivity contribution in [3.63, 3.8) is 0 Å². The van der Waals surface area contributed by atoms with Gasteiger partial charge in [-0.3, -0.25) is 0 Å². The highest BCUT2D eigenvalue weighted by atomic mass is 28.3.